The zero-order chi connectivity index (χ0) is 25.1. The minimum Gasteiger partial charge on any atom is -0.496 e. The van der Waals surface area contributed by atoms with Crippen molar-refractivity contribution in [2.75, 3.05) is 7.11 Å². The molecular weight excluding hydrogens is 438 g/mol. The molecule has 0 saturated heterocycles. The summed E-state index contributed by atoms with van der Waals surface area (Å²) < 4.78 is 12.7. The van der Waals surface area contributed by atoms with E-state index in [9.17, 15) is 4.79 Å². The molecule has 4 aromatic rings. The van der Waals surface area contributed by atoms with Crippen LogP contribution in [0.2, 0.25) is 0 Å². The Kier molecular flexibility index (Phi) is 7.01. The van der Waals surface area contributed by atoms with Gasteiger partial charge in [0.25, 0.3) is 5.56 Å². The van der Waals surface area contributed by atoms with Crippen LogP contribution in [0.1, 0.15) is 50.3 Å². The molecule has 0 atom stereocenters. The fourth-order valence-corrected chi connectivity index (χ4v) is 4.00. The first kappa shape index (κ1) is 24.2. The molecule has 180 valence electrons. The van der Waals surface area contributed by atoms with Crippen LogP contribution in [-0.4, -0.2) is 29.1 Å². The lowest BCUT2D eigenvalue weighted by molar-refractivity contribution is 0.242. The van der Waals surface area contributed by atoms with Crippen molar-refractivity contribution in [3.63, 3.8) is 0 Å². The van der Waals surface area contributed by atoms with E-state index in [1.165, 1.54) is 4.68 Å². The van der Waals surface area contributed by atoms with Gasteiger partial charge in [-0.15, -0.1) is 0 Å². The van der Waals surface area contributed by atoms with Crippen LogP contribution in [0.25, 0.3) is 22.3 Å². The largest absolute Gasteiger partial charge is 0.496 e. The Morgan fingerprint density at radius 2 is 1.71 bits per heavy atom. The number of aromatic nitrogens is 2. The summed E-state index contributed by atoms with van der Waals surface area (Å²) in [6, 6.07) is 19.0. The number of rotatable bonds is 7. The van der Waals surface area contributed by atoms with Gasteiger partial charge in [0.2, 0.25) is 0 Å². The summed E-state index contributed by atoms with van der Waals surface area (Å²) >= 11 is 0. The lowest BCUT2D eigenvalue weighted by Gasteiger charge is -2.17. The predicted molar refractivity (Wildman–Crippen MR) is 142 cm³/mol. The van der Waals surface area contributed by atoms with Crippen molar-refractivity contribution < 1.29 is 9.47 Å². The van der Waals surface area contributed by atoms with Gasteiger partial charge in [-0.05, 0) is 91.9 Å². The standard InChI is InChI=1S/C29H31N3O3/c1-18(2)24-16-25(20(5)15-27(24)34-6)28-31-26-10-8-7-9-23(26)29(33)32(28)30-17-21-11-13-22(14-12-21)35-19(3)4/h7-19H,1-6H3. The molecule has 6 nitrogen and oxygen atoms in total. The van der Waals surface area contributed by atoms with Crippen LogP contribution < -0.4 is 15.0 Å². The van der Waals surface area contributed by atoms with Gasteiger partial charge < -0.3 is 9.47 Å². The Hall–Kier alpha value is -3.93. The van der Waals surface area contributed by atoms with Gasteiger partial charge in [0.05, 0.1) is 30.3 Å². The molecular formula is C29H31N3O3. The van der Waals surface area contributed by atoms with E-state index in [2.05, 4.69) is 25.0 Å². The Balaban J connectivity index is 1.88. The molecule has 3 aromatic carbocycles. The first-order valence-corrected chi connectivity index (χ1v) is 11.8. The number of ether oxygens (including phenoxy) is 2. The fourth-order valence-electron chi connectivity index (χ4n) is 4.00. The second kappa shape index (κ2) is 10.1. The molecule has 0 aliphatic rings. The number of aryl methyl sites for hydroxylation is 1. The Bertz CT molecular complexity index is 1430. The summed E-state index contributed by atoms with van der Waals surface area (Å²) in [5, 5.41) is 5.11. The average Bonchev–Trinajstić information content (AvgIpc) is 2.83. The molecule has 35 heavy (non-hydrogen) atoms. The number of hydrogen-bond acceptors (Lipinski definition) is 5. The summed E-state index contributed by atoms with van der Waals surface area (Å²) in [6.45, 7) is 10.2. The van der Waals surface area contributed by atoms with Crippen molar-refractivity contribution in [3.05, 3.63) is 87.7 Å². The van der Waals surface area contributed by atoms with Crippen molar-refractivity contribution in [1.82, 2.24) is 9.66 Å². The van der Waals surface area contributed by atoms with Crippen LogP contribution in [0.5, 0.6) is 11.5 Å². The van der Waals surface area contributed by atoms with Gasteiger partial charge in [0.1, 0.15) is 11.5 Å². The van der Waals surface area contributed by atoms with Crippen molar-refractivity contribution in [2.24, 2.45) is 5.10 Å². The van der Waals surface area contributed by atoms with E-state index < -0.39 is 0 Å². The van der Waals surface area contributed by atoms with Crippen LogP contribution in [0.15, 0.2) is 70.6 Å². The monoisotopic (exact) mass is 469 g/mol. The molecule has 0 bridgehead atoms. The molecule has 0 unspecified atom stereocenters. The zero-order valence-electron chi connectivity index (χ0n) is 21.1. The molecule has 4 rings (SSSR count). The van der Waals surface area contributed by atoms with E-state index in [4.69, 9.17) is 14.5 Å². The highest BCUT2D eigenvalue weighted by Gasteiger charge is 2.18. The third-order valence-corrected chi connectivity index (χ3v) is 5.77. The van der Waals surface area contributed by atoms with Gasteiger partial charge in [-0.3, -0.25) is 4.79 Å². The number of nitrogens with zero attached hydrogens (tertiary/aromatic N) is 3. The third kappa shape index (κ3) is 5.11. The zero-order valence-corrected chi connectivity index (χ0v) is 21.1. The van der Waals surface area contributed by atoms with Crippen molar-refractivity contribution in [3.8, 4) is 22.9 Å². The van der Waals surface area contributed by atoms with Gasteiger partial charge >= 0.3 is 0 Å². The van der Waals surface area contributed by atoms with Gasteiger partial charge in [-0.25, -0.2) is 4.98 Å². The van der Waals surface area contributed by atoms with E-state index >= 15 is 0 Å². The average molecular weight is 470 g/mol. The Labute approximate surface area is 205 Å². The molecule has 0 amide bonds. The predicted octanol–water partition coefficient (Wildman–Crippen LogP) is 6.17. The van der Waals surface area contributed by atoms with Gasteiger partial charge in [-0.1, -0.05) is 26.0 Å². The third-order valence-electron chi connectivity index (χ3n) is 5.77. The highest BCUT2D eigenvalue weighted by Crippen LogP contribution is 2.34. The summed E-state index contributed by atoms with van der Waals surface area (Å²) in [7, 11) is 1.67. The van der Waals surface area contributed by atoms with Crippen LogP contribution in [0, 0.1) is 6.92 Å². The van der Waals surface area contributed by atoms with Gasteiger partial charge in [0, 0.05) is 5.56 Å². The SMILES string of the molecule is COc1cc(C)c(-c2nc3ccccc3c(=O)n2N=Cc2ccc(OC(C)C)cc2)cc1C(C)C. The van der Waals surface area contributed by atoms with E-state index in [-0.39, 0.29) is 17.6 Å². The Morgan fingerprint density at radius 3 is 2.37 bits per heavy atom. The maximum absolute atomic E-state index is 13.5. The molecule has 0 saturated carbocycles. The second-order valence-electron chi connectivity index (χ2n) is 9.11. The summed E-state index contributed by atoms with van der Waals surface area (Å²) in [5.41, 5.74) is 4.11. The van der Waals surface area contributed by atoms with E-state index in [1.807, 2.05) is 69.3 Å². The van der Waals surface area contributed by atoms with Gasteiger partial charge in [-0.2, -0.15) is 9.78 Å². The van der Waals surface area contributed by atoms with Gasteiger partial charge in [0.15, 0.2) is 5.82 Å². The fraction of sp³-hybridized carbons (Fsp3) is 0.276. The number of benzene rings is 3. The molecule has 0 fully saturated rings. The Morgan fingerprint density at radius 1 is 1.00 bits per heavy atom. The highest BCUT2D eigenvalue weighted by molar-refractivity contribution is 5.82. The molecule has 0 aliphatic heterocycles. The normalized spacial score (nSPS) is 11.7. The molecule has 1 heterocycles. The van der Waals surface area contributed by atoms with E-state index in [0.717, 1.165) is 33.8 Å². The van der Waals surface area contributed by atoms with Crippen LogP contribution in [0.3, 0.4) is 0 Å². The quantitative estimate of drug-likeness (QED) is 0.304. The number of fused-ring (bicyclic) bond motifs is 1. The molecule has 0 N–H and O–H groups in total. The summed E-state index contributed by atoms with van der Waals surface area (Å²) in [4.78, 5) is 18.4. The number of para-hydroxylation sites is 1. The molecule has 1 aromatic heterocycles. The number of methoxy groups -OCH3 is 1. The topological polar surface area (TPSA) is 65.7 Å². The minimum absolute atomic E-state index is 0.0998. The van der Waals surface area contributed by atoms with Crippen molar-refractivity contribution in [1.29, 1.82) is 0 Å². The minimum atomic E-state index is -0.220. The lowest BCUT2D eigenvalue weighted by Crippen LogP contribution is -2.20. The second-order valence-corrected chi connectivity index (χ2v) is 9.11. The molecule has 0 radical (unpaired) electrons. The molecule has 0 spiro atoms. The summed E-state index contributed by atoms with van der Waals surface area (Å²) in [5.74, 6) is 2.34. The maximum Gasteiger partial charge on any atom is 0.282 e. The number of hydrogen-bond donors (Lipinski definition) is 0. The first-order valence-electron chi connectivity index (χ1n) is 11.8. The lowest BCUT2D eigenvalue weighted by atomic mass is 9.96. The van der Waals surface area contributed by atoms with Crippen LogP contribution in [-0.2, 0) is 0 Å². The van der Waals surface area contributed by atoms with Crippen molar-refractivity contribution in [2.45, 2.75) is 46.6 Å². The van der Waals surface area contributed by atoms with Crippen LogP contribution in [0.4, 0.5) is 0 Å². The molecule has 6 heteroatoms. The van der Waals surface area contributed by atoms with Crippen molar-refractivity contribution >= 4 is 17.1 Å². The van der Waals surface area contributed by atoms with E-state index in [0.29, 0.717) is 16.7 Å². The van der Waals surface area contributed by atoms with E-state index in [1.54, 1.807) is 19.4 Å². The van der Waals surface area contributed by atoms with Crippen LogP contribution >= 0.6 is 0 Å². The first-order chi connectivity index (χ1) is 16.8. The highest BCUT2D eigenvalue weighted by atomic mass is 16.5. The smallest absolute Gasteiger partial charge is 0.282 e. The maximum atomic E-state index is 13.5. The molecule has 0 aliphatic carbocycles. The summed E-state index contributed by atoms with van der Waals surface area (Å²) in [6.07, 6.45) is 1.77.